The number of halogens is 1. The quantitative estimate of drug-likeness (QED) is 0.773. The third kappa shape index (κ3) is 3.19. The van der Waals surface area contributed by atoms with Crippen LogP contribution >= 0.6 is 11.6 Å². The lowest BCUT2D eigenvalue weighted by atomic mass is 10.2. The van der Waals surface area contributed by atoms with E-state index in [9.17, 15) is 4.79 Å². The standard InChI is InChI=1S/C19H15ClN4O/c20-14-5-7-15(8-6-14)21-18-10-9-16(22-23-18)19(25)24-12-11-13-3-1-2-4-17(13)24/h1-10H,11-12H2,(H,21,23). The molecule has 6 heteroatoms. The van der Waals surface area contributed by atoms with Crippen molar-refractivity contribution in [1.82, 2.24) is 10.2 Å². The van der Waals surface area contributed by atoms with Crippen molar-refractivity contribution in [2.45, 2.75) is 6.42 Å². The van der Waals surface area contributed by atoms with Crippen LogP contribution in [0.3, 0.4) is 0 Å². The zero-order valence-electron chi connectivity index (χ0n) is 13.3. The summed E-state index contributed by atoms with van der Waals surface area (Å²) in [6.07, 6.45) is 0.867. The fourth-order valence-corrected chi connectivity index (χ4v) is 3.01. The Morgan fingerprint density at radius 1 is 1.00 bits per heavy atom. The van der Waals surface area contributed by atoms with Gasteiger partial charge in [0.2, 0.25) is 0 Å². The van der Waals surface area contributed by atoms with Crippen molar-refractivity contribution in [2.75, 3.05) is 16.8 Å². The summed E-state index contributed by atoms with van der Waals surface area (Å²) >= 11 is 5.87. The van der Waals surface area contributed by atoms with Crippen LogP contribution in [0.1, 0.15) is 16.1 Å². The summed E-state index contributed by atoms with van der Waals surface area (Å²) in [5, 5.41) is 12.0. The number of hydrogen-bond acceptors (Lipinski definition) is 4. The SMILES string of the molecule is O=C(c1ccc(Nc2ccc(Cl)cc2)nn1)N1CCc2ccccc21. The highest BCUT2D eigenvalue weighted by atomic mass is 35.5. The molecule has 25 heavy (non-hydrogen) atoms. The fourth-order valence-electron chi connectivity index (χ4n) is 2.88. The fraction of sp³-hybridized carbons (Fsp3) is 0.105. The van der Waals surface area contributed by atoms with Crippen molar-refractivity contribution in [2.24, 2.45) is 0 Å². The Labute approximate surface area is 150 Å². The van der Waals surface area contributed by atoms with Crippen LogP contribution < -0.4 is 10.2 Å². The number of nitrogens with zero attached hydrogens (tertiary/aromatic N) is 3. The summed E-state index contributed by atoms with van der Waals surface area (Å²) in [5.41, 5.74) is 3.33. The molecule has 0 saturated carbocycles. The van der Waals surface area contributed by atoms with E-state index in [2.05, 4.69) is 15.5 Å². The monoisotopic (exact) mass is 350 g/mol. The van der Waals surface area contributed by atoms with E-state index >= 15 is 0 Å². The van der Waals surface area contributed by atoms with Gasteiger partial charge in [-0.2, -0.15) is 0 Å². The Balaban J connectivity index is 1.50. The number of benzene rings is 2. The number of hydrogen-bond donors (Lipinski definition) is 1. The topological polar surface area (TPSA) is 58.1 Å². The minimum absolute atomic E-state index is 0.129. The predicted octanol–water partition coefficient (Wildman–Crippen LogP) is 4.08. The molecule has 0 bridgehead atoms. The molecule has 2 aromatic carbocycles. The molecular weight excluding hydrogens is 336 g/mol. The molecule has 0 unspecified atom stereocenters. The number of anilines is 3. The average Bonchev–Trinajstić information content (AvgIpc) is 3.08. The van der Waals surface area contributed by atoms with E-state index in [1.54, 1.807) is 29.2 Å². The number of nitrogens with one attached hydrogen (secondary N) is 1. The van der Waals surface area contributed by atoms with E-state index in [1.807, 2.05) is 36.4 Å². The van der Waals surface area contributed by atoms with Gasteiger partial charge in [0.25, 0.3) is 5.91 Å². The number of para-hydroxylation sites is 1. The lowest BCUT2D eigenvalue weighted by molar-refractivity contribution is 0.0983. The molecule has 124 valence electrons. The largest absolute Gasteiger partial charge is 0.339 e. The lowest BCUT2D eigenvalue weighted by Gasteiger charge is -2.16. The number of amides is 1. The van der Waals surface area contributed by atoms with Crippen LogP contribution in [0.25, 0.3) is 0 Å². The summed E-state index contributed by atoms with van der Waals surface area (Å²) in [5.74, 6) is 0.441. The van der Waals surface area contributed by atoms with E-state index in [-0.39, 0.29) is 5.91 Å². The van der Waals surface area contributed by atoms with Crippen LogP contribution in [0.5, 0.6) is 0 Å². The molecule has 0 spiro atoms. The second-order valence-corrected chi connectivity index (χ2v) is 6.21. The molecule has 0 atom stereocenters. The summed E-state index contributed by atoms with van der Waals surface area (Å²) < 4.78 is 0. The second kappa shape index (κ2) is 6.53. The van der Waals surface area contributed by atoms with E-state index in [0.29, 0.717) is 23.1 Å². The van der Waals surface area contributed by atoms with Gasteiger partial charge in [-0.3, -0.25) is 4.79 Å². The molecule has 1 N–H and O–H groups in total. The van der Waals surface area contributed by atoms with Gasteiger partial charge < -0.3 is 10.2 Å². The van der Waals surface area contributed by atoms with E-state index in [4.69, 9.17) is 11.6 Å². The maximum Gasteiger partial charge on any atom is 0.278 e. The molecule has 3 aromatic rings. The molecule has 5 nitrogen and oxygen atoms in total. The zero-order chi connectivity index (χ0) is 17.2. The van der Waals surface area contributed by atoms with Gasteiger partial charge in [-0.25, -0.2) is 0 Å². The van der Waals surface area contributed by atoms with Crippen LogP contribution in [0.4, 0.5) is 17.2 Å². The van der Waals surface area contributed by atoms with Crippen molar-refractivity contribution in [1.29, 1.82) is 0 Å². The lowest BCUT2D eigenvalue weighted by Crippen LogP contribution is -2.29. The Kier molecular flexibility index (Phi) is 4.07. The molecule has 1 aliphatic rings. The highest BCUT2D eigenvalue weighted by Gasteiger charge is 2.26. The molecule has 0 aliphatic carbocycles. The van der Waals surface area contributed by atoms with Crippen molar-refractivity contribution >= 4 is 34.7 Å². The first-order valence-electron chi connectivity index (χ1n) is 7.97. The van der Waals surface area contributed by atoms with Gasteiger partial charge >= 0.3 is 0 Å². The van der Waals surface area contributed by atoms with Gasteiger partial charge in [-0.05, 0) is 54.4 Å². The van der Waals surface area contributed by atoms with Crippen LogP contribution in [0.15, 0.2) is 60.7 Å². The zero-order valence-corrected chi connectivity index (χ0v) is 14.1. The first-order chi connectivity index (χ1) is 12.2. The van der Waals surface area contributed by atoms with Crippen LogP contribution in [-0.2, 0) is 6.42 Å². The van der Waals surface area contributed by atoms with Crippen molar-refractivity contribution in [3.63, 3.8) is 0 Å². The molecular formula is C19H15ClN4O. The summed E-state index contributed by atoms with van der Waals surface area (Å²) in [6, 6.07) is 18.7. The molecule has 2 heterocycles. The molecule has 4 rings (SSSR count). The Morgan fingerprint density at radius 3 is 2.56 bits per heavy atom. The van der Waals surface area contributed by atoms with Gasteiger partial charge in [-0.1, -0.05) is 29.8 Å². The van der Waals surface area contributed by atoms with Crippen LogP contribution in [0, 0.1) is 0 Å². The Bertz CT molecular complexity index is 909. The normalized spacial score (nSPS) is 12.8. The van der Waals surface area contributed by atoms with E-state index in [1.165, 1.54) is 5.56 Å². The Morgan fingerprint density at radius 2 is 1.80 bits per heavy atom. The maximum atomic E-state index is 12.7. The third-order valence-electron chi connectivity index (χ3n) is 4.13. The van der Waals surface area contributed by atoms with E-state index < -0.39 is 0 Å². The summed E-state index contributed by atoms with van der Waals surface area (Å²) in [6.45, 7) is 0.671. The van der Waals surface area contributed by atoms with Gasteiger partial charge in [0, 0.05) is 22.9 Å². The predicted molar refractivity (Wildman–Crippen MR) is 98.6 cm³/mol. The maximum absolute atomic E-state index is 12.7. The van der Waals surface area contributed by atoms with Gasteiger partial charge in [0.05, 0.1) is 0 Å². The highest BCUT2D eigenvalue weighted by Crippen LogP contribution is 2.28. The molecule has 0 saturated heterocycles. The minimum Gasteiger partial charge on any atom is -0.339 e. The number of fused-ring (bicyclic) bond motifs is 1. The van der Waals surface area contributed by atoms with Crippen LogP contribution in [-0.4, -0.2) is 22.6 Å². The van der Waals surface area contributed by atoms with E-state index in [0.717, 1.165) is 17.8 Å². The second-order valence-electron chi connectivity index (χ2n) is 5.77. The number of aromatic nitrogens is 2. The average molecular weight is 351 g/mol. The first kappa shape index (κ1) is 15.6. The summed E-state index contributed by atoms with van der Waals surface area (Å²) in [7, 11) is 0. The van der Waals surface area contributed by atoms with Crippen LogP contribution in [0.2, 0.25) is 5.02 Å². The van der Waals surface area contributed by atoms with Gasteiger partial charge in [0.15, 0.2) is 11.5 Å². The first-order valence-corrected chi connectivity index (χ1v) is 8.34. The van der Waals surface area contributed by atoms with Crippen molar-refractivity contribution < 1.29 is 4.79 Å². The van der Waals surface area contributed by atoms with Crippen molar-refractivity contribution in [3.05, 3.63) is 76.9 Å². The minimum atomic E-state index is -0.129. The Hall–Kier alpha value is -2.92. The molecule has 1 aliphatic heterocycles. The molecule has 1 aromatic heterocycles. The summed E-state index contributed by atoms with van der Waals surface area (Å²) in [4.78, 5) is 14.5. The van der Waals surface area contributed by atoms with Crippen molar-refractivity contribution in [3.8, 4) is 0 Å². The van der Waals surface area contributed by atoms with Gasteiger partial charge in [0.1, 0.15) is 0 Å². The number of carbonyl (C=O) groups is 1. The number of rotatable bonds is 3. The third-order valence-corrected chi connectivity index (χ3v) is 4.38. The highest BCUT2D eigenvalue weighted by molar-refractivity contribution is 6.30. The molecule has 0 radical (unpaired) electrons. The smallest absolute Gasteiger partial charge is 0.278 e. The number of carbonyl (C=O) groups excluding carboxylic acids is 1. The van der Waals surface area contributed by atoms with Gasteiger partial charge in [-0.15, -0.1) is 10.2 Å². The molecule has 1 amide bonds. The molecule has 0 fully saturated rings.